The third kappa shape index (κ3) is 2.98. The van der Waals surface area contributed by atoms with Crippen LogP contribution < -0.4 is 5.32 Å². The molecule has 1 saturated heterocycles. The fourth-order valence-corrected chi connectivity index (χ4v) is 3.09. The number of halogens is 3. The van der Waals surface area contributed by atoms with Crippen LogP contribution in [0.2, 0.25) is 5.15 Å². The van der Waals surface area contributed by atoms with Gasteiger partial charge in [0.05, 0.1) is 6.54 Å². The van der Waals surface area contributed by atoms with Crippen molar-refractivity contribution in [1.29, 1.82) is 0 Å². The Labute approximate surface area is 141 Å². The van der Waals surface area contributed by atoms with E-state index in [1.807, 2.05) is 0 Å². The lowest BCUT2D eigenvalue weighted by Crippen LogP contribution is -2.51. The molecule has 2 aliphatic rings. The number of carbonyl (C=O) groups excluding carboxylic acids is 3. The molecule has 1 aromatic heterocycles. The average Bonchev–Trinajstić information content (AvgIpc) is 2.76. The summed E-state index contributed by atoms with van der Waals surface area (Å²) in [4.78, 5) is 41.3. The number of rotatable bonds is 3. The van der Waals surface area contributed by atoms with Crippen molar-refractivity contribution in [2.24, 2.45) is 0 Å². The molecule has 0 bridgehead atoms. The van der Waals surface area contributed by atoms with E-state index in [1.54, 1.807) is 0 Å². The maximum Gasteiger partial charge on any atom is 0.325 e. The summed E-state index contributed by atoms with van der Waals surface area (Å²) in [6.45, 7) is -0.466. The Kier molecular flexibility index (Phi) is 4.03. The van der Waals surface area contributed by atoms with E-state index < -0.39 is 48.6 Å². The standard InChI is InChI=1S/C15H14ClF2N3O3/c16-11-2-1-9(7-19-11)10(22)8-21-12(23)14(20-13(21)24)3-5-15(17,18)6-4-14/h1-2,7H,3-6,8H2,(H,20,24). The average molecular weight is 358 g/mol. The molecule has 9 heteroatoms. The van der Waals surface area contributed by atoms with E-state index >= 15 is 0 Å². The zero-order chi connectivity index (χ0) is 17.5. The molecule has 1 aromatic rings. The minimum absolute atomic E-state index is 0.141. The van der Waals surface area contributed by atoms with Crippen LogP contribution >= 0.6 is 11.6 Å². The SMILES string of the molecule is O=C(CN1C(=O)NC2(CCC(F)(F)CC2)C1=O)c1ccc(Cl)nc1. The highest BCUT2D eigenvalue weighted by Crippen LogP contribution is 2.41. The van der Waals surface area contributed by atoms with Crippen molar-refractivity contribution in [2.45, 2.75) is 37.1 Å². The Morgan fingerprint density at radius 2 is 1.92 bits per heavy atom. The number of Topliss-reactive ketones (excluding diaryl/α,β-unsaturated/α-hetero) is 1. The highest BCUT2D eigenvalue weighted by molar-refractivity contribution is 6.29. The normalized spacial score (nSPS) is 21.9. The third-order valence-electron chi connectivity index (χ3n) is 4.43. The predicted octanol–water partition coefficient (Wildman–Crippen LogP) is 2.42. The Bertz CT molecular complexity index is 698. The van der Waals surface area contributed by atoms with Gasteiger partial charge in [0.2, 0.25) is 5.92 Å². The van der Waals surface area contributed by atoms with Crippen molar-refractivity contribution in [3.8, 4) is 0 Å². The fraction of sp³-hybridized carbons (Fsp3) is 0.467. The molecule has 2 heterocycles. The van der Waals surface area contributed by atoms with Crippen LogP contribution in [0.25, 0.3) is 0 Å². The topological polar surface area (TPSA) is 79.4 Å². The van der Waals surface area contributed by atoms with Crippen molar-refractivity contribution in [3.05, 3.63) is 29.0 Å². The number of nitrogens with one attached hydrogen (secondary N) is 1. The number of hydrogen-bond donors (Lipinski definition) is 1. The smallest absolute Gasteiger partial charge is 0.323 e. The first-order valence-corrected chi connectivity index (χ1v) is 7.77. The molecule has 0 aromatic carbocycles. The number of hydrogen-bond acceptors (Lipinski definition) is 4. The summed E-state index contributed by atoms with van der Waals surface area (Å²) in [6, 6.07) is 2.12. The van der Waals surface area contributed by atoms with Gasteiger partial charge in [-0.15, -0.1) is 0 Å². The molecular formula is C15H14ClF2N3O3. The lowest BCUT2D eigenvalue weighted by molar-refractivity contribution is -0.135. The summed E-state index contributed by atoms with van der Waals surface area (Å²) in [5.74, 6) is -3.94. The van der Waals surface area contributed by atoms with Gasteiger partial charge in [-0.25, -0.2) is 18.6 Å². The summed E-state index contributed by atoms with van der Waals surface area (Å²) in [6.07, 6.45) is 0.0272. The van der Waals surface area contributed by atoms with Crippen LogP contribution in [0.5, 0.6) is 0 Å². The maximum atomic E-state index is 13.3. The highest BCUT2D eigenvalue weighted by atomic mass is 35.5. The second kappa shape index (κ2) is 5.77. The Morgan fingerprint density at radius 1 is 1.25 bits per heavy atom. The van der Waals surface area contributed by atoms with Crippen molar-refractivity contribution in [1.82, 2.24) is 15.2 Å². The van der Waals surface area contributed by atoms with E-state index in [4.69, 9.17) is 11.6 Å². The van der Waals surface area contributed by atoms with Gasteiger partial charge in [-0.3, -0.25) is 14.5 Å². The van der Waals surface area contributed by atoms with Crippen molar-refractivity contribution in [3.63, 3.8) is 0 Å². The van der Waals surface area contributed by atoms with Crippen LogP contribution in [-0.4, -0.2) is 45.6 Å². The molecule has 6 nitrogen and oxygen atoms in total. The Morgan fingerprint density at radius 3 is 2.50 bits per heavy atom. The number of pyridine rings is 1. The van der Waals surface area contributed by atoms with E-state index in [0.29, 0.717) is 0 Å². The number of amides is 3. The zero-order valence-corrected chi connectivity index (χ0v) is 13.3. The molecule has 2 fully saturated rings. The number of alkyl halides is 2. The Balaban J connectivity index is 1.73. The summed E-state index contributed by atoms with van der Waals surface area (Å²) in [5.41, 5.74) is -1.12. The van der Waals surface area contributed by atoms with Crippen LogP contribution in [0.15, 0.2) is 18.3 Å². The van der Waals surface area contributed by atoms with E-state index in [1.165, 1.54) is 18.3 Å². The van der Waals surface area contributed by atoms with Gasteiger partial charge in [0.25, 0.3) is 5.91 Å². The highest BCUT2D eigenvalue weighted by Gasteiger charge is 2.55. The van der Waals surface area contributed by atoms with Gasteiger partial charge < -0.3 is 5.32 Å². The van der Waals surface area contributed by atoms with Crippen molar-refractivity contribution < 1.29 is 23.2 Å². The molecule has 1 spiro atoms. The van der Waals surface area contributed by atoms with Gasteiger partial charge in [-0.2, -0.15) is 0 Å². The van der Waals surface area contributed by atoms with Gasteiger partial charge in [0, 0.05) is 24.6 Å². The third-order valence-corrected chi connectivity index (χ3v) is 4.66. The van der Waals surface area contributed by atoms with Gasteiger partial charge in [0.15, 0.2) is 5.78 Å². The molecule has 128 valence electrons. The minimum atomic E-state index is -2.82. The second-order valence-electron chi connectivity index (χ2n) is 6.05. The zero-order valence-electron chi connectivity index (χ0n) is 12.5. The molecule has 1 saturated carbocycles. The van der Waals surface area contributed by atoms with Crippen LogP contribution in [0.4, 0.5) is 13.6 Å². The molecule has 3 rings (SSSR count). The molecule has 1 aliphatic carbocycles. The molecule has 1 aliphatic heterocycles. The van der Waals surface area contributed by atoms with Gasteiger partial charge in [0.1, 0.15) is 10.7 Å². The largest absolute Gasteiger partial charge is 0.325 e. The summed E-state index contributed by atoms with van der Waals surface area (Å²) in [7, 11) is 0. The Hall–Kier alpha value is -2.09. The van der Waals surface area contributed by atoms with E-state index in [9.17, 15) is 23.2 Å². The molecule has 24 heavy (non-hydrogen) atoms. The summed E-state index contributed by atoms with van der Waals surface area (Å²) < 4.78 is 26.6. The molecular weight excluding hydrogens is 344 g/mol. The second-order valence-corrected chi connectivity index (χ2v) is 6.44. The molecule has 0 unspecified atom stereocenters. The van der Waals surface area contributed by atoms with E-state index in [2.05, 4.69) is 10.3 Å². The van der Waals surface area contributed by atoms with Crippen LogP contribution in [-0.2, 0) is 4.79 Å². The molecule has 0 atom stereocenters. The molecule has 1 N–H and O–H groups in total. The number of imide groups is 1. The lowest BCUT2D eigenvalue weighted by Gasteiger charge is -2.34. The van der Waals surface area contributed by atoms with Gasteiger partial charge in [-0.05, 0) is 25.0 Å². The van der Waals surface area contributed by atoms with E-state index in [-0.39, 0.29) is 23.6 Å². The first kappa shape index (κ1) is 16.8. The first-order valence-electron chi connectivity index (χ1n) is 7.39. The summed E-state index contributed by atoms with van der Waals surface area (Å²) in [5, 5.41) is 2.70. The number of nitrogens with zero attached hydrogens (tertiary/aromatic N) is 2. The number of urea groups is 1. The monoisotopic (exact) mass is 357 g/mol. The van der Waals surface area contributed by atoms with Gasteiger partial charge >= 0.3 is 6.03 Å². The first-order chi connectivity index (χ1) is 11.2. The molecule has 3 amide bonds. The number of aromatic nitrogens is 1. The van der Waals surface area contributed by atoms with E-state index in [0.717, 1.165) is 4.90 Å². The quantitative estimate of drug-likeness (QED) is 0.512. The minimum Gasteiger partial charge on any atom is -0.323 e. The molecule has 0 radical (unpaired) electrons. The summed E-state index contributed by atoms with van der Waals surface area (Å²) >= 11 is 5.64. The van der Waals surface area contributed by atoms with Crippen LogP contribution in [0, 0.1) is 0 Å². The number of ketones is 1. The van der Waals surface area contributed by atoms with Crippen LogP contribution in [0.3, 0.4) is 0 Å². The maximum absolute atomic E-state index is 13.3. The fourth-order valence-electron chi connectivity index (χ4n) is 2.98. The predicted molar refractivity (Wildman–Crippen MR) is 80.0 cm³/mol. The van der Waals surface area contributed by atoms with Crippen LogP contribution in [0.1, 0.15) is 36.0 Å². The van der Waals surface area contributed by atoms with Crippen molar-refractivity contribution in [2.75, 3.05) is 6.54 Å². The lowest BCUT2D eigenvalue weighted by atomic mass is 9.80. The van der Waals surface area contributed by atoms with Crippen molar-refractivity contribution >= 4 is 29.3 Å². The van der Waals surface area contributed by atoms with Gasteiger partial charge in [-0.1, -0.05) is 11.6 Å². The number of carbonyl (C=O) groups is 3.